The van der Waals surface area contributed by atoms with Gasteiger partial charge in [0.2, 0.25) is 0 Å². The fraction of sp³-hybridized carbons (Fsp3) is 0.824. The molecule has 0 aromatic carbocycles. The van der Waals surface area contributed by atoms with Gasteiger partial charge < -0.3 is 14.0 Å². The molecule has 0 aromatic rings. The molecule has 3 aliphatic heterocycles. The number of carbonyl (C=O) groups is 1. The molecule has 0 radical (unpaired) electrons. The van der Waals surface area contributed by atoms with E-state index in [4.69, 9.17) is 14.0 Å². The maximum Gasteiger partial charge on any atom is 0.490 e. The molecule has 0 spiro atoms. The molecule has 3 aliphatic rings. The van der Waals surface area contributed by atoms with Crippen LogP contribution in [-0.4, -0.2) is 47.5 Å². The summed E-state index contributed by atoms with van der Waals surface area (Å²) in [4.78, 5) is 14.4. The van der Waals surface area contributed by atoms with E-state index in [1.807, 2.05) is 32.6 Å². The third-order valence-electron chi connectivity index (χ3n) is 5.05. The van der Waals surface area contributed by atoms with Gasteiger partial charge in [-0.15, -0.1) is 0 Å². The first-order valence-electron chi connectivity index (χ1n) is 8.62. The van der Waals surface area contributed by atoms with E-state index >= 15 is 0 Å². The van der Waals surface area contributed by atoms with E-state index in [1.54, 1.807) is 0 Å². The molecule has 0 N–H and O–H groups in total. The molecular formula is C17H28BNO4. The van der Waals surface area contributed by atoms with Crippen LogP contribution in [0.25, 0.3) is 0 Å². The Morgan fingerprint density at radius 3 is 2.61 bits per heavy atom. The Kier molecular flexibility index (Phi) is 4.04. The van der Waals surface area contributed by atoms with E-state index in [0.717, 1.165) is 19.3 Å². The van der Waals surface area contributed by atoms with Crippen molar-refractivity contribution in [2.45, 2.75) is 90.2 Å². The number of rotatable bonds is 1. The van der Waals surface area contributed by atoms with Gasteiger partial charge in [-0.05, 0) is 66.3 Å². The van der Waals surface area contributed by atoms with Gasteiger partial charge in [-0.2, -0.15) is 0 Å². The Balaban J connectivity index is 1.73. The second kappa shape index (κ2) is 5.52. The molecule has 0 saturated carbocycles. The summed E-state index contributed by atoms with van der Waals surface area (Å²) in [6.45, 7) is 11.9. The lowest BCUT2D eigenvalue weighted by Gasteiger charge is -2.35. The lowest BCUT2D eigenvalue weighted by Crippen LogP contribution is -2.47. The van der Waals surface area contributed by atoms with Crippen LogP contribution in [0.2, 0.25) is 0 Å². The minimum atomic E-state index is -0.461. The minimum Gasteiger partial charge on any atom is -0.444 e. The smallest absolute Gasteiger partial charge is 0.444 e. The van der Waals surface area contributed by atoms with Crippen molar-refractivity contribution in [1.82, 2.24) is 4.90 Å². The number of hydrogen-bond donors (Lipinski definition) is 0. The van der Waals surface area contributed by atoms with E-state index in [-0.39, 0.29) is 37.0 Å². The van der Waals surface area contributed by atoms with Crippen LogP contribution in [0.3, 0.4) is 0 Å². The number of amides is 1. The lowest BCUT2D eigenvalue weighted by atomic mass is 9.73. The summed E-state index contributed by atoms with van der Waals surface area (Å²) in [5.74, 6) is 0. The summed E-state index contributed by atoms with van der Waals surface area (Å²) >= 11 is 0. The van der Waals surface area contributed by atoms with E-state index in [2.05, 4.69) is 19.9 Å². The highest BCUT2D eigenvalue weighted by molar-refractivity contribution is 6.54. The van der Waals surface area contributed by atoms with Gasteiger partial charge in [0.25, 0.3) is 0 Å². The first kappa shape index (κ1) is 16.8. The molecule has 5 nitrogen and oxygen atoms in total. The molecular weight excluding hydrogens is 293 g/mol. The van der Waals surface area contributed by atoms with Crippen LogP contribution in [0.5, 0.6) is 0 Å². The van der Waals surface area contributed by atoms with Gasteiger partial charge in [0.05, 0.1) is 17.7 Å². The van der Waals surface area contributed by atoms with Crippen LogP contribution in [0.15, 0.2) is 11.5 Å². The third kappa shape index (κ3) is 3.29. The zero-order chi connectivity index (χ0) is 17.0. The zero-order valence-electron chi connectivity index (χ0n) is 15.1. The summed E-state index contributed by atoms with van der Waals surface area (Å²) in [5, 5.41) is 0. The topological polar surface area (TPSA) is 48.0 Å². The Morgan fingerprint density at radius 1 is 1.39 bits per heavy atom. The fourth-order valence-electron chi connectivity index (χ4n) is 3.55. The quantitative estimate of drug-likeness (QED) is 0.695. The second-order valence-electron chi connectivity index (χ2n) is 8.46. The van der Waals surface area contributed by atoms with Crippen molar-refractivity contribution in [3.8, 4) is 0 Å². The van der Waals surface area contributed by atoms with Gasteiger partial charge in [-0.1, -0.05) is 6.08 Å². The first-order chi connectivity index (χ1) is 10.6. The summed E-state index contributed by atoms with van der Waals surface area (Å²) in [7, 11) is -0.274. The lowest BCUT2D eigenvalue weighted by molar-refractivity contribution is 0.0167. The summed E-state index contributed by atoms with van der Waals surface area (Å²) in [6, 6.07) is 0.297. The van der Waals surface area contributed by atoms with E-state index < -0.39 is 5.60 Å². The van der Waals surface area contributed by atoms with Crippen molar-refractivity contribution in [3.05, 3.63) is 11.5 Å². The number of carbonyl (C=O) groups excluding carboxylic acids is 1. The standard InChI is InChI=1S/C17H28BNO4/c1-11-17(5,6)23-18(22-11)12-9-13-7-8-14(10-12)19(13)15(20)21-16(2,3)4/h9,11,13-14H,7-8,10H2,1-6H3/t11?,13-,14+/m0/s1. The van der Waals surface area contributed by atoms with Gasteiger partial charge in [-0.25, -0.2) is 4.79 Å². The van der Waals surface area contributed by atoms with Crippen molar-refractivity contribution in [1.29, 1.82) is 0 Å². The molecule has 0 aliphatic carbocycles. The Bertz CT molecular complexity index is 525. The minimum absolute atomic E-state index is 0.0648. The summed E-state index contributed by atoms with van der Waals surface area (Å²) in [6.07, 6.45) is 4.82. The van der Waals surface area contributed by atoms with Crippen molar-refractivity contribution >= 4 is 13.2 Å². The second-order valence-corrected chi connectivity index (χ2v) is 8.46. The van der Waals surface area contributed by atoms with Crippen molar-refractivity contribution in [2.24, 2.45) is 0 Å². The van der Waals surface area contributed by atoms with Crippen molar-refractivity contribution in [2.75, 3.05) is 0 Å². The van der Waals surface area contributed by atoms with E-state index in [9.17, 15) is 4.79 Å². The predicted molar refractivity (Wildman–Crippen MR) is 89.0 cm³/mol. The molecule has 3 atom stereocenters. The first-order valence-corrected chi connectivity index (χ1v) is 8.62. The van der Waals surface area contributed by atoms with Crippen LogP contribution in [0.4, 0.5) is 4.79 Å². The zero-order valence-corrected chi connectivity index (χ0v) is 15.1. The Hall–Kier alpha value is -1.01. The molecule has 3 heterocycles. The van der Waals surface area contributed by atoms with E-state index in [0.29, 0.717) is 0 Å². The van der Waals surface area contributed by atoms with Gasteiger partial charge in [0.15, 0.2) is 0 Å². The highest BCUT2D eigenvalue weighted by Crippen LogP contribution is 2.39. The van der Waals surface area contributed by atoms with Gasteiger partial charge >= 0.3 is 13.2 Å². The SMILES string of the molecule is CC1OB(C2=C[C@@H]3CC[C@H](C2)N3C(=O)OC(C)(C)C)OC1(C)C. The summed E-state index contributed by atoms with van der Waals surface area (Å²) < 4.78 is 17.6. The Morgan fingerprint density at radius 2 is 2.09 bits per heavy atom. The fourth-order valence-corrected chi connectivity index (χ4v) is 3.55. The van der Waals surface area contributed by atoms with Gasteiger partial charge in [-0.3, -0.25) is 4.90 Å². The predicted octanol–water partition coefficient (Wildman–Crippen LogP) is 3.33. The molecule has 1 amide bonds. The molecule has 2 fully saturated rings. The average molecular weight is 321 g/mol. The monoisotopic (exact) mass is 321 g/mol. The number of nitrogens with zero attached hydrogens (tertiary/aromatic N) is 1. The van der Waals surface area contributed by atoms with Gasteiger partial charge in [0.1, 0.15) is 5.60 Å². The average Bonchev–Trinajstić information content (AvgIpc) is 2.81. The molecule has 6 heteroatoms. The van der Waals surface area contributed by atoms with Crippen molar-refractivity contribution < 1.29 is 18.8 Å². The van der Waals surface area contributed by atoms with Crippen molar-refractivity contribution in [3.63, 3.8) is 0 Å². The van der Waals surface area contributed by atoms with Crippen LogP contribution < -0.4 is 0 Å². The number of fused-ring (bicyclic) bond motifs is 2. The molecule has 2 bridgehead atoms. The molecule has 0 aromatic heterocycles. The molecule has 23 heavy (non-hydrogen) atoms. The normalized spacial score (nSPS) is 33.0. The Labute approximate surface area is 139 Å². The molecule has 2 saturated heterocycles. The maximum absolute atomic E-state index is 12.5. The van der Waals surface area contributed by atoms with Gasteiger partial charge in [0, 0.05) is 6.04 Å². The number of ether oxygens (including phenoxy) is 1. The third-order valence-corrected chi connectivity index (χ3v) is 5.05. The highest BCUT2D eigenvalue weighted by Gasteiger charge is 2.49. The molecule has 1 unspecified atom stereocenters. The highest BCUT2D eigenvalue weighted by atomic mass is 16.7. The van der Waals surface area contributed by atoms with Crippen LogP contribution in [-0.2, 0) is 14.0 Å². The van der Waals surface area contributed by atoms with Crippen LogP contribution in [0.1, 0.15) is 60.8 Å². The maximum atomic E-state index is 12.5. The van der Waals surface area contributed by atoms with Crippen LogP contribution in [0, 0.1) is 0 Å². The molecule has 128 valence electrons. The van der Waals surface area contributed by atoms with Crippen LogP contribution >= 0.6 is 0 Å². The summed E-state index contributed by atoms with van der Waals surface area (Å²) in [5.41, 5.74) is 0.444. The molecule has 3 rings (SSSR count). The largest absolute Gasteiger partial charge is 0.490 e. The number of hydrogen-bond acceptors (Lipinski definition) is 4. The van der Waals surface area contributed by atoms with E-state index in [1.165, 1.54) is 5.47 Å².